The highest BCUT2D eigenvalue weighted by Gasteiger charge is 2.22. The van der Waals surface area contributed by atoms with Gasteiger partial charge >= 0.3 is 0 Å². The molecule has 0 saturated carbocycles. The molecule has 0 atom stereocenters. The molecule has 8 heteroatoms. The van der Waals surface area contributed by atoms with Crippen LogP contribution in [0.15, 0.2) is 48.7 Å². The Kier molecular flexibility index (Phi) is 5.83. The maximum absolute atomic E-state index is 12.3. The zero-order chi connectivity index (χ0) is 20.9. The van der Waals surface area contributed by atoms with E-state index in [1.165, 1.54) is 23.4 Å². The van der Waals surface area contributed by atoms with Crippen molar-refractivity contribution < 1.29 is 9.72 Å². The SMILES string of the molecule is O=C(Cc1ccc([N+](=O)[O-])cc1)NCCn1nc(-c2ccccn2)c2c1CCCC2. The molecular formula is C22H23N5O3. The van der Waals surface area contributed by atoms with E-state index in [1.807, 2.05) is 22.9 Å². The number of nitrogens with zero attached hydrogens (tertiary/aromatic N) is 4. The van der Waals surface area contributed by atoms with Gasteiger partial charge in [0.15, 0.2) is 0 Å². The van der Waals surface area contributed by atoms with E-state index in [2.05, 4.69) is 10.3 Å². The third-order valence-electron chi connectivity index (χ3n) is 5.32. The minimum absolute atomic E-state index is 0.0197. The van der Waals surface area contributed by atoms with Crippen LogP contribution in [-0.4, -0.2) is 32.1 Å². The van der Waals surface area contributed by atoms with Gasteiger partial charge in [-0.05, 0) is 43.4 Å². The molecule has 0 spiro atoms. The lowest BCUT2D eigenvalue weighted by atomic mass is 9.95. The number of pyridine rings is 1. The molecule has 8 nitrogen and oxygen atoms in total. The molecule has 0 aliphatic heterocycles. The standard InChI is InChI=1S/C22H23N5O3/c28-21(15-16-8-10-17(11-9-16)27(29)30)24-13-14-26-20-7-2-1-5-18(20)22(25-26)19-6-3-4-12-23-19/h3-4,6,8-12H,1-2,5,7,13-15H2,(H,24,28). The Bertz CT molecular complexity index is 1040. The van der Waals surface area contributed by atoms with E-state index >= 15 is 0 Å². The van der Waals surface area contributed by atoms with Gasteiger partial charge in [0.1, 0.15) is 5.69 Å². The second kappa shape index (κ2) is 8.86. The number of rotatable bonds is 7. The largest absolute Gasteiger partial charge is 0.354 e. The van der Waals surface area contributed by atoms with Crippen LogP contribution < -0.4 is 5.32 Å². The van der Waals surface area contributed by atoms with Crippen molar-refractivity contribution in [1.29, 1.82) is 0 Å². The fourth-order valence-corrected chi connectivity index (χ4v) is 3.85. The number of hydrogen-bond acceptors (Lipinski definition) is 5. The number of fused-ring (bicyclic) bond motifs is 1. The molecule has 4 rings (SSSR count). The summed E-state index contributed by atoms with van der Waals surface area (Å²) in [5, 5.41) is 18.5. The minimum atomic E-state index is -0.451. The summed E-state index contributed by atoms with van der Waals surface area (Å²) in [6.45, 7) is 1.07. The van der Waals surface area contributed by atoms with Gasteiger partial charge in [0.2, 0.25) is 5.91 Å². The van der Waals surface area contributed by atoms with Crippen molar-refractivity contribution in [3.63, 3.8) is 0 Å². The van der Waals surface area contributed by atoms with Crippen molar-refractivity contribution in [2.75, 3.05) is 6.54 Å². The third kappa shape index (κ3) is 4.37. The van der Waals surface area contributed by atoms with Gasteiger partial charge in [-0.15, -0.1) is 0 Å². The number of benzene rings is 1. The smallest absolute Gasteiger partial charge is 0.269 e. The molecule has 2 heterocycles. The first-order chi connectivity index (χ1) is 14.6. The number of amides is 1. The zero-order valence-corrected chi connectivity index (χ0v) is 16.6. The molecule has 2 aromatic heterocycles. The van der Waals surface area contributed by atoms with Gasteiger partial charge in [-0.25, -0.2) is 0 Å². The summed E-state index contributed by atoms with van der Waals surface area (Å²) in [6, 6.07) is 11.9. The Morgan fingerprint density at radius 3 is 2.67 bits per heavy atom. The van der Waals surface area contributed by atoms with Crippen LogP contribution in [0.2, 0.25) is 0 Å². The third-order valence-corrected chi connectivity index (χ3v) is 5.32. The molecule has 30 heavy (non-hydrogen) atoms. The lowest BCUT2D eigenvalue weighted by Gasteiger charge is -2.14. The fraction of sp³-hybridized carbons (Fsp3) is 0.318. The van der Waals surface area contributed by atoms with Crippen molar-refractivity contribution >= 4 is 11.6 Å². The van der Waals surface area contributed by atoms with Gasteiger partial charge in [0.05, 0.1) is 23.6 Å². The predicted octanol–water partition coefficient (Wildman–Crippen LogP) is 3.09. The number of nitro benzene ring substituents is 1. The molecule has 0 bridgehead atoms. The number of carbonyl (C=O) groups excluding carboxylic acids is 1. The summed E-state index contributed by atoms with van der Waals surface area (Å²) in [4.78, 5) is 27.0. The van der Waals surface area contributed by atoms with Crippen LogP contribution in [0.3, 0.4) is 0 Å². The Morgan fingerprint density at radius 1 is 1.13 bits per heavy atom. The van der Waals surface area contributed by atoms with Crippen molar-refractivity contribution in [3.8, 4) is 11.4 Å². The van der Waals surface area contributed by atoms with E-state index in [0.717, 1.165) is 42.6 Å². The van der Waals surface area contributed by atoms with E-state index < -0.39 is 4.92 Å². The number of hydrogen-bond donors (Lipinski definition) is 1. The normalized spacial score (nSPS) is 12.9. The number of non-ortho nitro benzene ring substituents is 1. The molecule has 0 unspecified atom stereocenters. The van der Waals surface area contributed by atoms with Crippen molar-refractivity contribution in [3.05, 3.63) is 75.6 Å². The summed E-state index contributed by atoms with van der Waals surface area (Å²) in [5.74, 6) is -0.116. The van der Waals surface area contributed by atoms with Crippen LogP contribution in [0.25, 0.3) is 11.4 Å². The predicted molar refractivity (Wildman–Crippen MR) is 112 cm³/mol. The average molecular weight is 405 g/mol. The molecule has 154 valence electrons. The Balaban J connectivity index is 1.38. The summed E-state index contributed by atoms with van der Waals surface area (Å²) >= 11 is 0. The molecule has 1 N–H and O–H groups in total. The van der Waals surface area contributed by atoms with Gasteiger partial charge in [-0.1, -0.05) is 18.2 Å². The topological polar surface area (TPSA) is 103 Å². The maximum atomic E-state index is 12.3. The number of carbonyl (C=O) groups is 1. The van der Waals surface area contributed by atoms with Crippen molar-refractivity contribution in [1.82, 2.24) is 20.1 Å². The monoisotopic (exact) mass is 405 g/mol. The van der Waals surface area contributed by atoms with Crippen LogP contribution in [-0.2, 0) is 30.6 Å². The highest BCUT2D eigenvalue weighted by atomic mass is 16.6. The zero-order valence-electron chi connectivity index (χ0n) is 16.6. The summed E-state index contributed by atoms with van der Waals surface area (Å²) in [5.41, 5.74) is 5.11. The molecule has 1 aromatic carbocycles. The van der Waals surface area contributed by atoms with Crippen LogP contribution in [0.1, 0.15) is 29.7 Å². The van der Waals surface area contributed by atoms with Gasteiger partial charge in [-0.3, -0.25) is 24.6 Å². The van der Waals surface area contributed by atoms with Crippen LogP contribution in [0, 0.1) is 10.1 Å². The highest BCUT2D eigenvalue weighted by molar-refractivity contribution is 5.78. The first-order valence-electron chi connectivity index (χ1n) is 10.1. The van der Waals surface area contributed by atoms with Gasteiger partial charge in [0, 0.05) is 36.1 Å². The van der Waals surface area contributed by atoms with Crippen LogP contribution in [0.5, 0.6) is 0 Å². The highest BCUT2D eigenvalue weighted by Crippen LogP contribution is 2.30. The van der Waals surface area contributed by atoms with E-state index in [9.17, 15) is 14.9 Å². The number of nitrogens with one attached hydrogen (secondary N) is 1. The Labute approximate surface area is 174 Å². The van der Waals surface area contributed by atoms with Gasteiger partial charge in [0.25, 0.3) is 5.69 Å². The first kappa shape index (κ1) is 19.8. The summed E-state index contributed by atoms with van der Waals surface area (Å²) < 4.78 is 2.00. The second-order valence-corrected chi connectivity index (χ2v) is 7.37. The molecule has 1 aliphatic carbocycles. The number of nitro groups is 1. The van der Waals surface area contributed by atoms with Gasteiger partial charge in [-0.2, -0.15) is 5.10 Å². The number of aromatic nitrogens is 3. The van der Waals surface area contributed by atoms with Crippen LogP contribution in [0.4, 0.5) is 5.69 Å². The molecule has 3 aromatic rings. The lowest BCUT2D eigenvalue weighted by molar-refractivity contribution is -0.384. The minimum Gasteiger partial charge on any atom is -0.354 e. The Morgan fingerprint density at radius 2 is 1.93 bits per heavy atom. The molecule has 1 aliphatic rings. The van der Waals surface area contributed by atoms with Crippen molar-refractivity contribution in [2.24, 2.45) is 0 Å². The Hall–Kier alpha value is -3.55. The first-order valence-corrected chi connectivity index (χ1v) is 10.1. The summed E-state index contributed by atoms with van der Waals surface area (Å²) in [7, 11) is 0. The van der Waals surface area contributed by atoms with E-state index in [1.54, 1.807) is 18.3 Å². The maximum Gasteiger partial charge on any atom is 0.269 e. The van der Waals surface area contributed by atoms with Crippen molar-refractivity contribution in [2.45, 2.75) is 38.6 Å². The quantitative estimate of drug-likeness (QED) is 0.481. The van der Waals surface area contributed by atoms with E-state index in [0.29, 0.717) is 13.1 Å². The molecule has 1 amide bonds. The molecule has 0 radical (unpaired) electrons. The second-order valence-electron chi connectivity index (χ2n) is 7.37. The summed E-state index contributed by atoms with van der Waals surface area (Å²) in [6.07, 6.45) is 6.27. The average Bonchev–Trinajstić information content (AvgIpc) is 3.13. The van der Waals surface area contributed by atoms with Crippen LogP contribution >= 0.6 is 0 Å². The fourth-order valence-electron chi connectivity index (χ4n) is 3.85. The lowest BCUT2D eigenvalue weighted by Crippen LogP contribution is -2.29. The molecule has 0 fully saturated rings. The van der Waals surface area contributed by atoms with E-state index in [-0.39, 0.29) is 18.0 Å². The van der Waals surface area contributed by atoms with Gasteiger partial charge < -0.3 is 5.32 Å². The molecule has 0 saturated heterocycles. The van der Waals surface area contributed by atoms with E-state index in [4.69, 9.17) is 5.10 Å². The molecular weight excluding hydrogens is 382 g/mol.